The van der Waals surface area contributed by atoms with Crippen molar-refractivity contribution in [3.8, 4) is 0 Å². The van der Waals surface area contributed by atoms with Crippen LogP contribution in [0.5, 0.6) is 0 Å². The summed E-state index contributed by atoms with van der Waals surface area (Å²) >= 11 is 1.80. The van der Waals surface area contributed by atoms with Crippen molar-refractivity contribution in [2.24, 2.45) is 5.92 Å². The Labute approximate surface area is 104 Å². The molecule has 1 aromatic rings. The van der Waals surface area contributed by atoms with Gasteiger partial charge in [-0.25, -0.2) is 0 Å². The van der Waals surface area contributed by atoms with E-state index in [1.807, 2.05) is 0 Å². The zero-order valence-corrected chi connectivity index (χ0v) is 11.6. The minimum Gasteiger partial charge on any atom is -0.314 e. The summed E-state index contributed by atoms with van der Waals surface area (Å²) in [6, 6.07) is 2.93. The third-order valence-corrected chi connectivity index (χ3v) is 4.04. The quantitative estimate of drug-likeness (QED) is 0.720. The lowest BCUT2D eigenvalue weighted by Crippen LogP contribution is -2.35. The Hall–Kier alpha value is -0.340. The molecule has 0 spiro atoms. The van der Waals surface area contributed by atoms with Crippen molar-refractivity contribution in [3.63, 3.8) is 0 Å². The number of hydrogen-bond donors (Lipinski definition) is 1. The molecule has 0 fully saturated rings. The number of aryl methyl sites for hydroxylation is 1. The molecule has 1 N–H and O–H groups in total. The van der Waals surface area contributed by atoms with Crippen molar-refractivity contribution < 1.29 is 0 Å². The van der Waals surface area contributed by atoms with E-state index >= 15 is 0 Å². The van der Waals surface area contributed by atoms with Gasteiger partial charge in [0.2, 0.25) is 0 Å². The third-order valence-electron chi connectivity index (χ3n) is 3.31. The molecule has 2 atom stereocenters. The molecule has 92 valence electrons. The second-order valence-corrected chi connectivity index (χ2v) is 5.40. The molecule has 16 heavy (non-hydrogen) atoms. The molecule has 0 aliphatic carbocycles. The van der Waals surface area contributed by atoms with Crippen molar-refractivity contribution >= 4 is 11.3 Å². The smallest absolute Gasteiger partial charge is 0.00957 e. The predicted octanol–water partition coefficient (Wildman–Crippen LogP) is 4.10. The van der Waals surface area contributed by atoms with Gasteiger partial charge in [0.1, 0.15) is 0 Å². The van der Waals surface area contributed by atoms with Gasteiger partial charge in [-0.2, -0.15) is 11.3 Å². The van der Waals surface area contributed by atoms with Gasteiger partial charge in [-0.1, -0.05) is 27.2 Å². The lowest BCUT2D eigenvalue weighted by atomic mass is 9.94. The number of rotatable bonds is 8. The monoisotopic (exact) mass is 239 g/mol. The average molecular weight is 239 g/mol. The van der Waals surface area contributed by atoms with Gasteiger partial charge in [0.05, 0.1) is 0 Å². The first-order valence-electron chi connectivity index (χ1n) is 6.52. The highest BCUT2D eigenvalue weighted by atomic mass is 32.1. The van der Waals surface area contributed by atoms with Crippen LogP contribution in [-0.2, 0) is 6.42 Å². The van der Waals surface area contributed by atoms with Gasteiger partial charge in [0.25, 0.3) is 0 Å². The van der Waals surface area contributed by atoms with E-state index in [2.05, 4.69) is 42.9 Å². The molecule has 0 saturated carbocycles. The summed E-state index contributed by atoms with van der Waals surface area (Å²) in [5, 5.41) is 8.13. The second-order valence-electron chi connectivity index (χ2n) is 4.62. The molecule has 1 aromatic heterocycles. The standard InChI is InChI=1S/C14H25NS/c1-4-9-15-14(12(3)5-2)7-6-13-8-10-16-11-13/h8,10-12,14-15H,4-7,9H2,1-3H3. The van der Waals surface area contributed by atoms with Crippen LogP contribution in [0, 0.1) is 5.92 Å². The summed E-state index contributed by atoms with van der Waals surface area (Å²) in [4.78, 5) is 0. The van der Waals surface area contributed by atoms with E-state index in [0.29, 0.717) is 6.04 Å². The lowest BCUT2D eigenvalue weighted by Gasteiger charge is -2.24. The molecule has 1 rings (SSSR count). The van der Waals surface area contributed by atoms with Crippen LogP contribution < -0.4 is 5.32 Å². The van der Waals surface area contributed by atoms with E-state index in [9.17, 15) is 0 Å². The molecule has 0 bridgehead atoms. The Morgan fingerprint density at radius 3 is 2.75 bits per heavy atom. The average Bonchev–Trinajstić information content (AvgIpc) is 2.81. The highest BCUT2D eigenvalue weighted by molar-refractivity contribution is 7.07. The summed E-state index contributed by atoms with van der Waals surface area (Å²) in [5.41, 5.74) is 1.50. The highest BCUT2D eigenvalue weighted by Crippen LogP contribution is 2.16. The first-order valence-corrected chi connectivity index (χ1v) is 7.46. The van der Waals surface area contributed by atoms with Crippen molar-refractivity contribution in [2.45, 2.75) is 52.5 Å². The summed E-state index contributed by atoms with van der Waals surface area (Å²) in [5.74, 6) is 0.783. The van der Waals surface area contributed by atoms with Gasteiger partial charge in [0.15, 0.2) is 0 Å². The Kier molecular flexibility index (Phi) is 6.74. The molecule has 2 unspecified atom stereocenters. The fourth-order valence-corrected chi connectivity index (χ4v) is 2.66. The van der Waals surface area contributed by atoms with E-state index in [-0.39, 0.29) is 0 Å². The minimum atomic E-state index is 0.685. The number of nitrogens with one attached hydrogen (secondary N) is 1. The zero-order chi connectivity index (χ0) is 11.8. The molecular weight excluding hydrogens is 214 g/mol. The number of thiophene rings is 1. The maximum Gasteiger partial charge on any atom is 0.00957 e. The summed E-state index contributed by atoms with van der Waals surface area (Å²) in [6.45, 7) is 8.04. The first-order chi connectivity index (χ1) is 7.77. The Morgan fingerprint density at radius 2 is 2.19 bits per heavy atom. The van der Waals surface area contributed by atoms with Crippen molar-refractivity contribution in [3.05, 3.63) is 22.4 Å². The normalized spacial score (nSPS) is 14.9. The van der Waals surface area contributed by atoms with E-state index in [1.54, 1.807) is 11.3 Å². The van der Waals surface area contributed by atoms with Crippen LogP contribution in [0.1, 0.15) is 45.6 Å². The Morgan fingerprint density at radius 1 is 1.38 bits per heavy atom. The fraction of sp³-hybridized carbons (Fsp3) is 0.714. The van der Waals surface area contributed by atoms with E-state index in [0.717, 1.165) is 12.5 Å². The molecular formula is C14H25NS. The molecule has 0 aliphatic rings. The van der Waals surface area contributed by atoms with Gasteiger partial charge >= 0.3 is 0 Å². The van der Waals surface area contributed by atoms with Crippen molar-refractivity contribution in [2.75, 3.05) is 6.54 Å². The Bertz CT molecular complexity index is 256. The summed E-state index contributed by atoms with van der Waals surface area (Å²) < 4.78 is 0. The van der Waals surface area contributed by atoms with Crippen LogP contribution in [0.25, 0.3) is 0 Å². The summed E-state index contributed by atoms with van der Waals surface area (Å²) in [6.07, 6.45) is 4.98. The molecule has 2 heteroatoms. The van der Waals surface area contributed by atoms with E-state index in [4.69, 9.17) is 0 Å². The maximum atomic E-state index is 3.69. The third kappa shape index (κ3) is 4.67. The highest BCUT2D eigenvalue weighted by Gasteiger charge is 2.14. The minimum absolute atomic E-state index is 0.685. The zero-order valence-electron chi connectivity index (χ0n) is 10.8. The molecule has 0 radical (unpaired) electrons. The van der Waals surface area contributed by atoms with Gasteiger partial charge in [-0.15, -0.1) is 0 Å². The molecule has 1 heterocycles. The largest absolute Gasteiger partial charge is 0.314 e. The van der Waals surface area contributed by atoms with Crippen LogP contribution in [0.4, 0.5) is 0 Å². The fourth-order valence-electron chi connectivity index (χ4n) is 1.96. The first kappa shape index (κ1) is 13.7. The van der Waals surface area contributed by atoms with Crippen molar-refractivity contribution in [1.82, 2.24) is 5.32 Å². The SMILES string of the molecule is CCCNC(CCc1ccsc1)C(C)CC. The molecule has 0 aromatic carbocycles. The van der Waals surface area contributed by atoms with Crippen molar-refractivity contribution in [1.29, 1.82) is 0 Å². The number of hydrogen-bond acceptors (Lipinski definition) is 2. The molecule has 0 saturated heterocycles. The van der Waals surface area contributed by atoms with Crippen LogP contribution in [-0.4, -0.2) is 12.6 Å². The molecule has 1 nitrogen and oxygen atoms in total. The maximum absolute atomic E-state index is 3.69. The van der Waals surface area contributed by atoms with Crippen LogP contribution in [0.15, 0.2) is 16.8 Å². The Balaban J connectivity index is 2.37. The van der Waals surface area contributed by atoms with Gasteiger partial charge in [0, 0.05) is 6.04 Å². The summed E-state index contributed by atoms with van der Waals surface area (Å²) in [7, 11) is 0. The molecule has 0 aliphatic heterocycles. The van der Waals surface area contributed by atoms with Gasteiger partial charge in [-0.3, -0.25) is 0 Å². The topological polar surface area (TPSA) is 12.0 Å². The lowest BCUT2D eigenvalue weighted by molar-refractivity contribution is 0.349. The van der Waals surface area contributed by atoms with E-state index < -0.39 is 0 Å². The predicted molar refractivity (Wildman–Crippen MR) is 74.2 cm³/mol. The molecule has 0 amide bonds. The van der Waals surface area contributed by atoms with Gasteiger partial charge < -0.3 is 5.32 Å². The van der Waals surface area contributed by atoms with Crippen LogP contribution in [0.2, 0.25) is 0 Å². The van der Waals surface area contributed by atoms with Crippen LogP contribution >= 0.6 is 11.3 Å². The van der Waals surface area contributed by atoms with E-state index in [1.165, 1.54) is 31.2 Å². The van der Waals surface area contributed by atoms with Crippen LogP contribution in [0.3, 0.4) is 0 Å². The van der Waals surface area contributed by atoms with Gasteiger partial charge in [-0.05, 0) is 54.1 Å². The second kappa shape index (κ2) is 7.86.